The number of hydrogen-bond acceptors (Lipinski definition) is 6. The molecule has 28 heavy (non-hydrogen) atoms. The number of fused-ring (bicyclic) bond motifs is 1. The number of sulfone groups is 1. The van der Waals surface area contributed by atoms with Crippen molar-refractivity contribution < 1.29 is 13.2 Å². The molecule has 8 heteroatoms. The second-order valence-electron chi connectivity index (χ2n) is 7.76. The van der Waals surface area contributed by atoms with Gasteiger partial charge in [-0.3, -0.25) is 9.69 Å². The molecule has 2 fully saturated rings. The smallest absolute Gasteiger partial charge is 0.222 e. The van der Waals surface area contributed by atoms with E-state index in [2.05, 4.69) is 16.0 Å². The summed E-state index contributed by atoms with van der Waals surface area (Å²) in [6.45, 7) is 3.01. The molecule has 0 radical (unpaired) electrons. The molecule has 152 valence electrons. The Kier molecular flexibility index (Phi) is 5.99. The van der Waals surface area contributed by atoms with Crippen molar-refractivity contribution in [3.8, 4) is 0 Å². The van der Waals surface area contributed by atoms with E-state index in [1.165, 1.54) is 4.70 Å². The van der Waals surface area contributed by atoms with Gasteiger partial charge in [0.25, 0.3) is 0 Å². The molecule has 2 aliphatic heterocycles. The van der Waals surface area contributed by atoms with Gasteiger partial charge in [-0.15, -0.1) is 11.3 Å². The van der Waals surface area contributed by atoms with Gasteiger partial charge in [-0.05, 0) is 37.8 Å². The van der Waals surface area contributed by atoms with Crippen molar-refractivity contribution in [1.29, 1.82) is 0 Å². The van der Waals surface area contributed by atoms with Crippen molar-refractivity contribution in [3.05, 3.63) is 29.3 Å². The minimum absolute atomic E-state index is 0.149. The van der Waals surface area contributed by atoms with Crippen LogP contribution in [0.4, 0.5) is 0 Å². The number of hydrogen-bond donors (Lipinski definition) is 0. The van der Waals surface area contributed by atoms with E-state index in [-0.39, 0.29) is 17.7 Å². The monoisotopic (exact) mass is 421 g/mol. The highest BCUT2D eigenvalue weighted by Crippen LogP contribution is 2.23. The van der Waals surface area contributed by atoms with E-state index in [9.17, 15) is 13.2 Å². The largest absolute Gasteiger partial charge is 0.340 e. The first-order valence-corrected chi connectivity index (χ1v) is 12.7. The lowest BCUT2D eigenvalue weighted by Gasteiger charge is -2.37. The number of aryl methyl sites for hydroxylation is 1. The molecule has 0 spiro atoms. The van der Waals surface area contributed by atoms with E-state index < -0.39 is 9.84 Å². The van der Waals surface area contributed by atoms with Crippen LogP contribution in [-0.4, -0.2) is 72.8 Å². The van der Waals surface area contributed by atoms with Gasteiger partial charge < -0.3 is 4.90 Å². The summed E-state index contributed by atoms with van der Waals surface area (Å²) in [5.41, 5.74) is 1.06. The molecule has 2 aliphatic rings. The Hall–Kier alpha value is -1.51. The Labute approximate surface area is 170 Å². The molecule has 2 aromatic rings. The predicted molar refractivity (Wildman–Crippen MR) is 112 cm³/mol. The van der Waals surface area contributed by atoms with Crippen LogP contribution in [0, 0.1) is 0 Å². The number of piperazine rings is 1. The Morgan fingerprint density at radius 1 is 1.14 bits per heavy atom. The summed E-state index contributed by atoms with van der Waals surface area (Å²) in [5.74, 6) is 0.820. The number of benzene rings is 1. The molecule has 4 rings (SSSR count). The van der Waals surface area contributed by atoms with E-state index in [0.29, 0.717) is 25.3 Å². The van der Waals surface area contributed by atoms with Crippen molar-refractivity contribution in [2.24, 2.45) is 0 Å². The average Bonchev–Trinajstić information content (AvgIpc) is 3.27. The minimum atomic E-state index is -2.85. The summed E-state index contributed by atoms with van der Waals surface area (Å²) in [6, 6.07) is 8.33. The van der Waals surface area contributed by atoms with Gasteiger partial charge in [0, 0.05) is 38.6 Å². The van der Waals surface area contributed by atoms with Crippen molar-refractivity contribution in [2.45, 2.75) is 38.1 Å². The standard InChI is InChI=1S/C20H27N3O3S2/c24-20(8-4-3-7-19-21-17-5-1-2-6-18(17)27-19)23-12-10-22(11-13-23)16-9-14-28(25,26)15-16/h1-2,5-6,16H,3-4,7-15H2/t16-/m1/s1. The van der Waals surface area contributed by atoms with Gasteiger partial charge in [-0.1, -0.05) is 12.1 Å². The van der Waals surface area contributed by atoms with Crippen LogP contribution in [0.5, 0.6) is 0 Å². The van der Waals surface area contributed by atoms with Crippen LogP contribution in [-0.2, 0) is 21.1 Å². The number of unbranched alkanes of at least 4 members (excludes halogenated alkanes) is 1. The number of aromatic nitrogens is 1. The van der Waals surface area contributed by atoms with Crippen LogP contribution in [0.15, 0.2) is 24.3 Å². The molecule has 0 N–H and O–H groups in total. The molecule has 0 unspecified atom stereocenters. The zero-order chi connectivity index (χ0) is 19.6. The highest BCUT2D eigenvalue weighted by Gasteiger charge is 2.34. The summed E-state index contributed by atoms with van der Waals surface area (Å²) in [4.78, 5) is 21.3. The molecule has 1 amide bonds. The van der Waals surface area contributed by atoms with E-state index in [1.807, 2.05) is 23.1 Å². The van der Waals surface area contributed by atoms with Crippen LogP contribution in [0.3, 0.4) is 0 Å². The zero-order valence-corrected chi connectivity index (χ0v) is 17.7. The van der Waals surface area contributed by atoms with Crippen LogP contribution >= 0.6 is 11.3 Å². The lowest BCUT2D eigenvalue weighted by Crippen LogP contribution is -2.52. The highest BCUT2D eigenvalue weighted by molar-refractivity contribution is 7.91. The molecular formula is C20H27N3O3S2. The fourth-order valence-electron chi connectivity index (χ4n) is 4.14. The van der Waals surface area contributed by atoms with Gasteiger partial charge >= 0.3 is 0 Å². The Morgan fingerprint density at radius 3 is 2.64 bits per heavy atom. The van der Waals surface area contributed by atoms with E-state index in [4.69, 9.17) is 0 Å². The number of para-hydroxylation sites is 1. The topological polar surface area (TPSA) is 70.6 Å². The number of nitrogens with zero attached hydrogens (tertiary/aromatic N) is 3. The molecule has 0 bridgehead atoms. The summed E-state index contributed by atoms with van der Waals surface area (Å²) in [5, 5.41) is 1.15. The van der Waals surface area contributed by atoms with Crippen LogP contribution in [0.25, 0.3) is 10.2 Å². The number of carbonyl (C=O) groups is 1. The van der Waals surface area contributed by atoms with Crippen molar-refractivity contribution in [2.75, 3.05) is 37.7 Å². The number of amides is 1. The third-order valence-electron chi connectivity index (χ3n) is 5.76. The Morgan fingerprint density at radius 2 is 1.93 bits per heavy atom. The molecule has 6 nitrogen and oxygen atoms in total. The summed E-state index contributed by atoms with van der Waals surface area (Å²) >= 11 is 1.74. The average molecular weight is 422 g/mol. The van der Waals surface area contributed by atoms with Gasteiger partial charge in [0.2, 0.25) is 5.91 Å². The van der Waals surface area contributed by atoms with Crippen LogP contribution in [0.1, 0.15) is 30.7 Å². The molecule has 1 aromatic carbocycles. The molecule has 1 atom stereocenters. The normalized spacial score (nSPS) is 22.7. The third-order valence-corrected chi connectivity index (χ3v) is 8.61. The van der Waals surface area contributed by atoms with Crippen molar-refractivity contribution in [1.82, 2.24) is 14.8 Å². The maximum atomic E-state index is 12.5. The molecule has 0 aliphatic carbocycles. The van der Waals surface area contributed by atoms with Gasteiger partial charge in [0.15, 0.2) is 9.84 Å². The quantitative estimate of drug-likeness (QED) is 0.670. The lowest BCUT2D eigenvalue weighted by atomic mass is 10.1. The highest BCUT2D eigenvalue weighted by atomic mass is 32.2. The minimum Gasteiger partial charge on any atom is -0.340 e. The van der Waals surface area contributed by atoms with Gasteiger partial charge in [0.1, 0.15) is 0 Å². The number of rotatable bonds is 6. The van der Waals surface area contributed by atoms with E-state index in [0.717, 1.165) is 49.3 Å². The molecule has 0 saturated carbocycles. The van der Waals surface area contributed by atoms with Gasteiger partial charge in [-0.2, -0.15) is 0 Å². The molecule has 1 aromatic heterocycles. The third kappa shape index (κ3) is 4.72. The first-order valence-electron chi connectivity index (χ1n) is 10.1. The number of carbonyl (C=O) groups excluding carboxylic acids is 1. The molecular weight excluding hydrogens is 394 g/mol. The molecule has 2 saturated heterocycles. The summed E-state index contributed by atoms with van der Waals surface area (Å²) in [7, 11) is -2.85. The van der Waals surface area contributed by atoms with E-state index >= 15 is 0 Å². The van der Waals surface area contributed by atoms with Crippen molar-refractivity contribution in [3.63, 3.8) is 0 Å². The first kappa shape index (κ1) is 19.8. The van der Waals surface area contributed by atoms with Crippen LogP contribution in [0.2, 0.25) is 0 Å². The maximum Gasteiger partial charge on any atom is 0.222 e. The van der Waals surface area contributed by atoms with E-state index in [1.54, 1.807) is 11.3 Å². The summed E-state index contributed by atoms with van der Waals surface area (Å²) < 4.78 is 24.5. The first-order chi connectivity index (χ1) is 13.5. The van der Waals surface area contributed by atoms with Gasteiger partial charge in [-0.25, -0.2) is 13.4 Å². The fourth-order valence-corrected chi connectivity index (χ4v) is 6.91. The maximum absolute atomic E-state index is 12.5. The van der Waals surface area contributed by atoms with Crippen molar-refractivity contribution >= 4 is 37.3 Å². The van der Waals surface area contributed by atoms with Crippen LogP contribution < -0.4 is 0 Å². The Bertz CT molecular complexity index is 900. The SMILES string of the molecule is O=C(CCCCc1nc2ccccc2s1)N1CCN([C@@H]2CCS(=O)(=O)C2)CC1. The zero-order valence-electron chi connectivity index (χ0n) is 16.0. The second-order valence-corrected chi connectivity index (χ2v) is 11.1. The predicted octanol–water partition coefficient (Wildman–Crippen LogP) is 2.34. The molecule has 3 heterocycles. The Balaban J connectivity index is 1.17. The van der Waals surface area contributed by atoms with Gasteiger partial charge in [0.05, 0.1) is 26.7 Å². The lowest BCUT2D eigenvalue weighted by molar-refractivity contribution is -0.133. The second kappa shape index (κ2) is 8.47. The fraction of sp³-hybridized carbons (Fsp3) is 0.600. The number of thiazole rings is 1. The summed E-state index contributed by atoms with van der Waals surface area (Å²) in [6.07, 6.45) is 4.11.